The zero-order valence-electron chi connectivity index (χ0n) is 12.9. The molecule has 23 heavy (non-hydrogen) atoms. The Balaban J connectivity index is 1.58. The largest absolute Gasteiger partial charge is 0.486 e. The van der Waals surface area contributed by atoms with E-state index in [1.165, 1.54) is 0 Å². The number of benzene rings is 2. The molecule has 5 heteroatoms. The maximum absolute atomic E-state index is 12.1. The van der Waals surface area contributed by atoms with Gasteiger partial charge in [-0.1, -0.05) is 12.1 Å². The molecule has 4 nitrogen and oxygen atoms in total. The van der Waals surface area contributed by atoms with Gasteiger partial charge in [0.25, 0.3) is 0 Å². The molecular formula is C18H18BrNO3. The van der Waals surface area contributed by atoms with Crippen LogP contribution in [0.3, 0.4) is 0 Å². The first-order valence-corrected chi connectivity index (χ1v) is 8.35. The highest BCUT2D eigenvalue weighted by molar-refractivity contribution is 9.10. The van der Waals surface area contributed by atoms with E-state index in [-0.39, 0.29) is 5.91 Å². The molecular weight excluding hydrogens is 358 g/mol. The molecule has 1 amide bonds. The highest BCUT2D eigenvalue weighted by atomic mass is 79.9. The van der Waals surface area contributed by atoms with Gasteiger partial charge in [0.05, 0.1) is 5.69 Å². The summed E-state index contributed by atoms with van der Waals surface area (Å²) in [6, 6.07) is 11.7. The molecule has 0 radical (unpaired) electrons. The van der Waals surface area contributed by atoms with Gasteiger partial charge in [-0.3, -0.25) is 4.79 Å². The van der Waals surface area contributed by atoms with Crippen LogP contribution < -0.4 is 14.8 Å². The van der Waals surface area contributed by atoms with Crippen LogP contribution >= 0.6 is 15.9 Å². The number of nitrogens with one attached hydrogen (secondary N) is 1. The van der Waals surface area contributed by atoms with Crippen LogP contribution in [0.5, 0.6) is 11.5 Å². The zero-order chi connectivity index (χ0) is 16.2. The van der Waals surface area contributed by atoms with Crippen molar-refractivity contribution in [2.45, 2.75) is 19.8 Å². The Hall–Kier alpha value is -2.01. The van der Waals surface area contributed by atoms with Crippen LogP contribution in [0.2, 0.25) is 0 Å². The van der Waals surface area contributed by atoms with Gasteiger partial charge in [0.1, 0.15) is 13.2 Å². The molecule has 0 saturated heterocycles. The SMILES string of the molecule is Cc1ccc(NC(=O)CCc2ccc3c(c2)OCCO3)c(Br)c1. The van der Waals surface area contributed by atoms with Gasteiger partial charge >= 0.3 is 0 Å². The minimum absolute atomic E-state index is 0.00978. The number of aryl methyl sites for hydroxylation is 2. The van der Waals surface area contributed by atoms with E-state index < -0.39 is 0 Å². The molecule has 0 bridgehead atoms. The van der Waals surface area contributed by atoms with Crippen molar-refractivity contribution in [2.75, 3.05) is 18.5 Å². The van der Waals surface area contributed by atoms with E-state index in [0.29, 0.717) is 26.1 Å². The first-order valence-electron chi connectivity index (χ1n) is 7.56. The predicted octanol–water partition coefficient (Wildman–Crippen LogP) is 4.10. The summed E-state index contributed by atoms with van der Waals surface area (Å²) in [7, 11) is 0. The number of amides is 1. The lowest BCUT2D eigenvalue weighted by molar-refractivity contribution is -0.116. The summed E-state index contributed by atoms with van der Waals surface area (Å²) in [4.78, 5) is 12.1. The molecule has 0 fully saturated rings. The normalized spacial score (nSPS) is 12.8. The molecule has 3 rings (SSSR count). The second kappa shape index (κ2) is 7.04. The molecule has 2 aromatic rings. The Morgan fingerprint density at radius 3 is 2.70 bits per heavy atom. The van der Waals surface area contributed by atoms with Crippen LogP contribution in [0.4, 0.5) is 5.69 Å². The van der Waals surface area contributed by atoms with Gasteiger partial charge < -0.3 is 14.8 Å². The highest BCUT2D eigenvalue weighted by Gasteiger charge is 2.12. The quantitative estimate of drug-likeness (QED) is 0.874. The first-order chi connectivity index (χ1) is 11.1. The Kier molecular flexibility index (Phi) is 4.86. The lowest BCUT2D eigenvalue weighted by Crippen LogP contribution is -2.16. The van der Waals surface area contributed by atoms with Gasteiger partial charge in [-0.25, -0.2) is 0 Å². The van der Waals surface area contributed by atoms with Crippen LogP contribution in [-0.2, 0) is 11.2 Å². The molecule has 1 aliphatic heterocycles. The molecule has 0 aromatic heterocycles. The molecule has 120 valence electrons. The number of ether oxygens (including phenoxy) is 2. The van der Waals surface area contributed by atoms with E-state index in [1.807, 2.05) is 43.3 Å². The van der Waals surface area contributed by atoms with Crippen molar-refractivity contribution in [1.29, 1.82) is 0 Å². The summed E-state index contributed by atoms with van der Waals surface area (Å²) < 4.78 is 12.0. The van der Waals surface area contributed by atoms with Crippen molar-refractivity contribution in [3.05, 3.63) is 52.0 Å². The summed E-state index contributed by atoms with van der Waals surface area (Å²) >= 11 is 3.47. The minimum atomic E-state index is -0.00978. The number of hydrogen-bond donors (Lipinski definition) is 1. The van der Waals surface area contributed by atoms with Crippen molar-refractivity contribution in [3.63, 3.8) is 0 Å². The smallest absolute Gasteiger partial charge is 0.224 e. The van der Waals surface area contributed by atoms with Crippen molar-refractivity contribution in [2.24, 2.45) is 0 Å². The van der Waals surface area contributed by atoms with Gasteiger partial charge in [-0.2, -0.15) is 0 Å². The number of hydrogen-bond acceptors (Lipinski definition) is 3. The maximum atomic E-state index is 12.1. The highest BCUT2D eigenvalue weighted by Crippen LogP contribution is 2.31. The Bertz CT molecular complexity index is 730. The molecule has 1 heterocycles. The van der Waals surface area contributed by atoms with Gasteiger partial charge in [-0.15, -0.1) is 0 Å². The summed E-state index contributed by atoms with van der Waals surface area (Å²) in [5.41, 5.74) is 3.00. The Morgan fingerprint density at radius 2 is 1.91 bits per heavy atom. The van der Waals surface area contributed by atoms with Crippen LogP contribution in [0.25, 0.3) is 0 Å². The molecule has 1 aliphatic rings. The summed E-state index contributed by atoms with van der Waals surface area (Å²) in [6.07, 6.45) is 1.08. The Labute approximate surface area is 143 Å². The fourth-order valence-corrected chi connectivity index (χ4v) is 3.03. The van der Waals surface area contributed by atoms with Crippen molar-refractivity contribution >= 4 is 27.5 Å². The van der Waals surface area contributed by atoms with E-state index in [9.17, 15) is 4.79 Å². The maximum Gasteiger partial charge on any atom is 0.224 e. The van der Waals surface area contributed by atoms with E-state index in [0.717, 1.165) is 32.8 Å². The molecule has 0 unspecified atom stereocenters. The average molecular weight is 376 g/mol. The number of halogens is 1. The van der Waals surface area contributed by atoms with Gasteiger partial charge in [0.15, 0.2) is 11.5 Å². The van der Waals surface area contributed by atoms with Crippen LogP contribution in [0.15, 0.2) is 40.9 Å². The second-order valence-corrected chi connectivity index (χ2v) is 6.36. The van der Waals surface area contributed by atoms with Crippen molar-refractivity contribution in [1.82, 2.24) is 0 Å². The second-order valence-electron chi connectivity index (χ2n) is 5.51. The number of carbonyl (C=O) groups is 1. The average Bonchev–Trinajstić information content (AvgIpc) is 2.55. The zero-order valence-corrected chi connectivity index (χ0v) is 14.5. The summed E-state index contributed by atoms with van der Waals surface area (Å²) in [6.45, 7) is 3.16. The Morgan fingerprint density at radius 1 is 1.13 bits per heavy atom. The fourth-order valence-electron chi connectivity index (χ4n) is 2.44. The third-order valence-corrected chi connectivity index (χ3v) is 4.30. The number of rotatable bonds is 4. The third-order valence-electron chi connectivity index (χ3n) is 3.65. The molecule has 1 N–H and O–H groups in total. The monoisotopic (exact) mass is 375 g/mol. The van der Waals surface area contributed by atoms with Gasteiger partial charge in [0, 0.05) is 10.9 Å². The minimum Gasteiger partial charge on any atom is -0.486 e. The van der Waals surface area contributed by atoms with Gasteiger partial charge in [0.2, 0.25) is 5.91 Å². The van der Waals surface area contributed by atoms with Crippen LogP contribution in [-0.4, -0.2) is 19.1 Å². The molecule has 0 aliphatic carbocycles. The van der Waals surface area contributed by atoms with Crippen molar-refractivity contribution < 1.29 is 14.3 Å². The number of anilines is 1. The molecule has 0 atom stereocenters. The summed E-state index contributed by atoms with van der Waals surface area (Å²) in [5.74, 6) is 1.52. The first kappa shape index (κ1) is 15.9. The van der Waals surface area contributed by atoms with Crippen LogP contribution in [0, 0.1) is 6.92 Å². The van der Waals surface area contributed by atoms with Gasteiger partial charge in [-0.05, 0) is 64.7 Å². The van der Waals surface area contributed by atoms with E-state index in [1.54, 1.807) is 0 Å². The fraction of sp³-hybridized carbons (Fsp3) is 0.278. The lowest BCUT2D eigenvalue weighted by atomic mass is 10.1. The van der Waals surface area contributed by atoms with Crippen molar-refractivity contribution in [3.8, 4) is 11.5 Å². The van der Waals surface area contributed by atoms with Crippen LogP contribution in [0.1, 0.15) is 17.5 Å². The lowest BCUT2D eigenvalue weighted by Gasteiger charge is -2.18. The standard InChI is InChI=1S/C18H18BrNO3/c1-12-2-5-15(14(19)10-12)20-18(21)7-4-13-3-6-16-17(11-13)23-9-8-22-16/h2-3,5-6,10-11H,4,7-9H2,1H3,(H,20,21). The third kappa shape index (κ3) is 4.05. The topological polar surface area (TPSA) is 47.6 Å². The predicted molar refractivity (Wildman–Crippen MR) is 93.3 cm³/mol. The number of carbonyl (C=O) groups excluding carboxylic acids is 1. The van der Waals surface area contributed by atoms with E-state index in [2.05, 4.69) is 21.2 Å². The molecule has 0 saturated carbocycles. The molecule has 2 aromatic carbocycles. The number of fused-ring (bicyclic) bond motifs is 1. The van der Waals surface area contributed by atoms with E-state index in [4.69, 9.17) is 9.47 Å². The summed E-state index contributed by atoms with van der Waals surface area (Å²) in [5, 5.41) is 2.93. The molecule has 0 spiro atoms. The van der Waals surface area contributed by atoms with E-state index >= 15 is 0 Å².